The minimum Gasteiger partial charge on any atom is -0.507 e. The van der Waals surface area contributed by atoms with Crippen molar-refractivity contribution in [2.45, 2.75) is 19.1 Å². The first kappa shape index (κ1) is 17.8. The number of benzene rings is 2. The van der Waals surface area contributed by atoms with Crippen LogP contribution in [0.15, 0.2) is 60.2 Å². The van der Waals surface area contributed by atoms with Crippen LogP contribution in [-0.2, 0) is 9.59 Å². The molecule has 1 fully saturated rings. The third kappa shape index (κ3) is 3.11. The van der Waals surface area contributed by atoms with Crippen molar-refractivity contribution >= 4 is 17.4 Å². The molecule has 5 nitrogen and oxygen atoms in total. The number of hydrogen-bond acceptors (Lipinski definition) is 4. The summed E-state index contributed by atoms with van der Waals surface area (Å²) in [6.07, 6.45) is -0.917. The quantitative estimate of drug-likeness (QED) is 0.502. The highest BCUT2D eigenvalue weighted by atomic mass is 19.1. The van der Waals surface area contributed by atoms with Gasteiger partial charge in [0, 0.05) is 17.7 Å². The van der Waals surface area contributed by atoms with E-state index in [0.717, 1.165) is 4.90 Å². The molecule has 0 aliphatic carbocycles. The van der Waals surface area contributed by atoms with Crippen LogP contribution in [0, 0.1) is 5.82 Å². The Morgan fingerprint density at radius 2 is 1.73 bits per heavy atom. The van der Waals surface area contributed by atoms with Crippen LogP contribution in [-0.4, -0.2) is 39.5 Å². The number of amides is 1. The summed E-state index contributed by atoms with van der Waals surface area (Å²) >= 11 is 0. The number of β-amino-alcohol motifs (C(OH)–C–C–N with tert-alkyl or cyclic N) is 1. The SMILES string of the molecule is CC(O)CN1C(=O)C(=O)/C(=C(\O)c2ccccc2)C1c1ccccc1F. The maximum atomic E-state index is 14.4. The molecular formula is C20H18FNO4. The number of aliphatic hydroxyl groups excluding tert-OH is 2. The molecular weight excluding hydrogens is 337 g/mol. The van der Waals surface area contributed by atoms with E-state index in [1.807, 2.05) is 0 Å². The van der Waals surface area contributed by atoms with Crippen molar-refractivity contribution in [3.05, 3.63) is 77.1 Å². The second kappa shape index (κ2) is 7.09. The number of carbonyl (C=O) groups excluding carboxylic acids is 2. The van der Waals surface area contributed by atoms with Gasteiger partial charge in [-0.3, -0.25) is 9.59 Å². The lowest BCUT2D eigenvalue weighted by molar-refractivity contribution is -0.140. The molecule has 1 heterocycles. The maximum absolute atomic E-state index is 14.4. The van der Waals surface area contributed by atoms with Gasteiger partial charge in [0.1, 0.15) is 11.6 Å². The van der Waals surface area contributed by atoms with Gasteiger partial charge in [-0.2, -0.15) is 0 Å². The predicted octanol–water partition coefficient (Wildman–Crippen LogP) is 2.63. The fourth-order valence-electron chi connectivity index (χ4n) is 3.12. The summed E-state index contributed by atoms with van der Waals surface area (Å²) < 4.78 is 14.4. The van der Waals surface area contributed by atoms with E-state index in [9.17, 15) is 24.2 Å². The minimum atomic E-state index is -1.11. The Kier molecular flexibility index (Phi) is 4.86. The Balaban J connectivity index is 2.22. The number of carbonyl (C=O) groups is 2. The van der Waals surface area contributed by atoms with E-state index < -0.39 is 29.7 Å². The topological polar surface area (TPSA) is 77.8 Å². The summed E-state index contributed by atoms with van der Waals surface area (Å²) in [6.45, 7) is 1.31. The fraction of sp³-hybridized carbons (Fsp3) is 0.200. The molecule has 3 rings (SSSR count). The number of hydrogen-bond donors (Lipinski definition) is 2. The van der Waals surface area contributed by atoms with E-state index in [4.69, 9.17) is 0 Å². The molecule has 0 spiro atoms. The number of aliphatic hydroxyl groups is 2. The molecule has 2 aromatic rings. The molecule has 0 bridgehead atoms. The molecule has 2 atom stereocenters. The van der Waals surface area contributed by atoms with Crippen molar-refractivity contribution in [3.63, 3.8) is 0 Å². The molecule has 2 N–H and O–H groups in total. The highest BCUT2D eigenvalue weighted by Crippen LogP contribution is 2.40. The molecule has 26 heavy (non-hydrogen) atoms. The molecule has 1 saturated heterocycles. The molecule has 0 saturated carbocycles. The molecule has 1 aliphatic heterocycles. The van der Waals surface area contributed by atoms with Crippen molar-refractivity contribution in [2.75, 3.05) is 6.54 Å². The lowest BCUT2D eigenvalue weighted by Gasteiger charge is -2.26. The summed E-state index contributed by atoms with van der Waals surface area (Å²) in [5.41, 5.74) is 0.251. The van der Waals surface area contributed by atoms with E-state index in [-0.39, 0.29) is 23.4 Å². The fourth-order valence-corrected chi connectivity index (χ4v) is 3.12. The minimum absolute atomic E-state index is 0.0878. The van der Waals surface area contributed by atoms with Crippen molar-refractivity contribution < 1.29 is 24.2 Å². The molecule has 134 valence electrons. The molecule has 6 heteroatoms. The van der Waals surface area contributed by atoms with Crippen molar-refractivity contribution in [2.24, 2.45) is 0 Å². The average Bonchev–Trinajstić information content (AvgIpc) is 2.87. The maximum Gasteiger partial charge on any atom is 0.295 e. The summed E-state index contributed by atoms with van der Waals surface area (Å²) in [7, 11) is 0. The first-order valence-corrected chi connectivity index (χ1v) is 8.18. The van der Waals surface area contributed by atoms with Crippen LogP contribution in [0.2, 0.25) is 0 Å². The van der Waals surface area contributed by atoms with Gasteiger partial charge in [-0.05, 0) is 13.0 Å². The summed E-state index contributed by atoms with van der Waals surface area (Å²) in [5, 5.41) is 20.4. The third-order valence-electron chi connectivity index (χ3n) is 4.25. The van der Waals surface area contributed by atoms with E-state index in [1.54, 1.807) is 36.4 Å². The van der Waals surface area contributed by atoms with Gasteiger partial charge in [-0.1, -0.05) is 48.5 Å². The molecule has 2 unspecified atom stereocenters. The molecule has 2 aromatic carbocycles. The number of nitrogens with zero attached hydrogens (tertiary/aromatic N) is 1. The molecule has 1 aliphatic rings. The standard InChI is InChI=1S/C20H18FNO4/c1-12(23)11-22-17(14-9-5-6-10-15(14)21)16(19(25)20(22)26)18(24)13-7-3-2-4-8-13/h2-10,12,17,23-24H,11H2,1H3/b18-16-. The Labute approximate surface area is 150 Å². The van der Waals surface area contributed by atoms with Crippen molar-refractivity contribution in [3.8, 4) is 0 Å². The molecule has 1 amide bonds. The van der Waals surface area contributed by atoms with Gasteiger partial charge in [0.15, 0.2) is 0 Å². The summed E-state index contributed by atoms with van der Waals surface area (Å²) in [4.78, 5) is 26.2. The van der Waals surface area contributed by atoms with Crippen LogP contribution in [0.5, 0.6) is 0 Å². The second-order valence-corrected chi connectivity index (χ2v) is 6.19. The predicted molar refractivity (Wildman–Crippen MR) is 93.5 cm³/mol. The number of halogens is 1. The van der Waals surface area contributed by atoms with Crippen molar-refractivity contribution in [1.29, 1.82) is 0 Å². The lowest BCUT2D eigenvalue weighted by atomic mass is 9.95. The van der Waals surface area contributed by atoms with Crippen molar-refractivity contribution in [1.82, 2.24) is 4.90 Å². The van der Waals surface area contributed by atoms with Gasteiger partial charge in [0.2, 0.25) is 0 Å². The van der Waals surface area contributed by atoms with Gasteiger partial charge < -0.3 is 15.1 Å². The van der Waals surface area contributed by atoms with Gasteiger partial charge >= 0.3 is 0 Å². The zero-order valence-electron chi connectivity index (χ0n) is 14.1. The van der Waals surface area contributed by atoms with Crippen LogP contribution < -0.4 is 0 Å². The number of ketones is 1. The second-order valence-electron chi connectivity index (χ2n) is 6.19. The molecule has 0 aromatic heterocycles. The van der Waals surface area contributed by atoms with Crippen LogP contribution in [0.25, 0.3) is 5.76 Å². The third-order valence-corrected chi connectivity index (χ3v) is 4.25. The highest BCUT2D eigenvalue weighted by molar-refractivity contribution is 6.46. The Morgan fingerprint density at radius 1 is 1.12 bits per heavy atom. The van der Waals surface area contributed by atoms with Crippen LogP contribution >= 0.6 is 0 Å². The first-order chi connectivity index (χ1) is 12.4. The van der Waals surface area contributed by atoms with Gasteiger partial charge in [0.05, 0.1) is 17.7 Å². The monoisotopic (exact) mass is 355 g/mol. The van der Waals surface area contributed by atoms with Gasteiger partial charge in [0.25, 0.3) is 11.7 Å². The molecule has 0 radical (unpaired) electrons. The van der Waals surface area contributed by atoms with Crippen LogP contribution in [0.3, 0.4) is 0 Å². The summed E-state index contributed by atoms with van der Waals surface area (Å²) in [6, 6.07) is 13.0. The van der Waals surface area contributed by atoms with Crippen LogP contribution in [0.4, 0.5) is 4.39 Å². The van der Waals surface area contributed by atoms with Gasteiger partial charge in [-0.25, -0.2) is 4.39 Å². The highest BCUT2D eigenvalue weighted by Gasteiger charge is 2.47. The normalized spacial score (nSPS) is 20.4. The van der Waals surface area contributed by atoms with Gasteiger partial charge in [-0.15, -0.1) is 0 Å². The van der Waals surface area contributed by atoms with E-state index in [1.165, 1.54) is 25.1 Å². The number of likely N-dealkylation sites (tertiary alicyclic amines) is 1. The zero-order chi connectivity index (χ0) is 18.8. The Bertz CT molecular complexity index is 876. The van der Waals surface area contributed by atoms with Crippen LogP contribution in [0.1, 0.15) is 24.1 Å². The lowest BCUT2D eigenvalue weighted by Crippen LogP contribution is -2.35. The number of Topliss-reactive ketones (excluding diaryl/α,β-unsaturated/α-hetero) is 1. The largest absolute Gasteiger partial charge is 0.507 e. The van der Waals surface area contributed by atoms with E-state index in [0.29, 0.717) is 5.56 Å². The zero-order valence-corrected chi connectivity index (χ0v) is 14.1. The Hall–Kier alpha value is -2.99. The Morgan fingerprint density at radius 3 is 2.35 bits per heavy atom. The van der Waals surface area contributed by atoms with E-state index in [2.05, 4.69) is 0 Å². The first-order valence-electron chi connectivity index (χ1n) is 8.18. The van der Waals surface area contributed by atoms with E-state index >= 15 is 0 Å². The average molecular weight is 355 g/mol. The number of rotatable bonds is 4. The smallest absolute Gasteiger partial charge is 0.295 e. The summed E-state index contributed by atoms with van der Waals surface area (Å²) in [5.74, 6) is -2.75.